The van der Waals surface area contributed by atoms with E-state index in [0.29, 0.717) is 12.0 Å². The Morgan fingerprint density at radius 2 is 1.89 bits per heavy atom. The molecule has 2 aromatic heterocycles. The van der Waals surface area contributed by atoms with Crippen LogP contribution in [0.25, 0.3) is 22.3 Å². The van der Waals surface area contributed by atoms with E-state index in [0.717, 1.165) is 19.3 Å². The van der Waals surface area contributed by atoms with E-state index in [9.17, 15) is 27.1 Å². The lowest BCUT2D eigenvalue weighted by atomic mass is 9.87. The summed E-state index contributed by atoms with van der Waals surface area (Å²) in [5, 5.41) is 14.0. The van der Waals surface area contributed by atoms with E-state index >= 15 is 0 Å². The Balaban J connectivity index is 1.60. The lowest BCUT2D eigenvalue weighted by molar-refractivity contribution is -0.140. The van der Waals surface area contributed by atoms with Gasteiger partial charge in [-0.1, -0.05) is 24.3 Å². The number of rotatable bonds is 3. The summed E-state index contributed by atoms with van der Waals surface area (Å²) < 4.78 is 69.7. The van der Waals surface area contributed by atoms with Crippen molar-refractivity contribution >= 4 is 17.0 Å². The standard InChI is InChI=1S/C24H20F5N5O/c1-33(17-9-5-7-12-6-3-4-8-13(12)17)23-30-11-15-20(32-34(2)22(15)31-23)14-10-16(24(27,28)29)19(26)21(35)18(14)25/h3-4,6,8,10-11,17,35H,5,7,9H2,1-2H3/t17-/m0/s1. The van der Waals surface area contributed by atoms with Gasteiger partial charge in [0.15, 0.2) is 23.0 Å². The van der Waals surface area contributed by atoms with Crippen molar-refractivity contribution < 1.29 is 27.1 Å². The quantitative estimate of drug-likeness (QED) is 0.383. The summed E-state index contributed by atoms with van der Waals surface area (Å²) in [6, 6.07) is 8.46. The van der Waals surface area contributed by atoms with Gasteiger partial charge in [0.25, 0.3) is 0 Å². The number of fused-ring (bicyclic) bond motifs is 2. The molecule has 0 bridgehead atoms. The Bertz CT molecular complexity index is 1450. The van der Waals surface area contributed by atoms with Gasteiger partial charge in [-0.3, -0.25) is 0 Å². The number of anilines is 1. The molecule has 1 atom stereocenters. The molecule has 2 aromatic carbocycles. The first kappa shape index (κ1) is 23.0. The van der Waals surface area contributed by atoms with E-state index in [1.807, 2.05) is 24.1 Å². The van der Waals surface area contributed by atoms with E-state index < -0.39 is 34.7 Å². The maximum atomic E-state index is 14.7. The first-order valence-corrected chi connectivity index (χ1v) is 10.9. The third-order valence-electron chi connectivity index (χ3n) is 6.43. The average Bonchev–Trinajstić information content (AvgIpc) is 3.16. The predicted octanol–water partition coefficient (Wildman–Crippen LogP) is 5.55. The van der Waals surface area contributed by atoms with Crippen molar-refractivity contribution in [2.75, 3.05) is 11.9 Å². The molecule has 35 heavy (non-hydrogen) atoms. The summed E-state index contributed by atoms with van der Waals surface area (Å²) in [5.41, 5.74) is -0.0485. The van der Waals surface area contributed by atoms with Crippen molar-refractivity contribution in [2.45, 2.75) is 31.5 Å². The summed E-state index contributed by atoms with van der Waals surface area (Å²) in [4.78, 5) is 10.8. The molecule has 0 spiro atoms. The Labute approximate surface area is 196 Å². The van der Waals surface area contributed by atoms with E-state index in [4.69, 9.17) is 0 Å². The van der Waals surface area contributed by atoms with Crippen molar-refractivity contribution in [3.05, 3.63) is 64.9 Å². The molecule has 4 aromatic rings. The highest BCUT2D eigenvalue weighted by Gasteiger charge is 2.38. The first-order chi connectivity index (χ1) is 16.6. The number of aromatic hydroxyl groups is 1. The van der Waals surface area contributed by atoms with E-state index in [2.05, 4.69) is 27.2 Å². The highest BCUT2D eigenvalue weighted by Crippen LogP contribution is 2.42. The SMILES string of the molecule is CN(c1ncc2c(-c3cc(C(F)(F)F)c(F)c(O)c3F)nn(C)c2n1)[C@H]1CCCc2ccccc21. The fourth-order valence-electron chi connectivity index (χ4n) is 4.67. The number of halogens is 5. The van der Waals surface area contributed by atoms with E-state index in [-0.39, 0.29) is 22.8 Å². The Morgan fingerprint density at radius 1 is 1.14 bits per heavy atom. The zero-order valence-corrected chi connectivity index (χ0v) is 18.7. The van der Waals surface area contributed by atoms with Crippen LogP contribution < -0.4 is 4.90 Å². The lowest BCUT2D eigenvalue weighted by Crippen LogP contribution is -2.29. The average molecular weight is 489 g/mol. The van der Waals surface area contributed by atoms with E-state index in [1.165, 1.54) is 29.1 Å². The lowest BCUT2D eigenvalue weighted by Gasteiger charge is -2.33. The van der Waals surface area contributed by atoms with Gasteiger partial charge in [-0.2, -0.15) is 23.3 Å². The third kappa shape index (κ3) is 3.75. The summed E-state index contributed by atoms with van der Waals surface area (Å²) in [5.74, 6) is -4.98. The van der Waals surface area contributed by atoms with Crippen LogP contribution in [-0.4, -0.2) is 31.9 Å². The Hall–Kier alpha value is -3.76. The van der Waals surface area contributed by atoms with Gasteiger partial charge >= 0.3 is 6.18 Å². The second kappa shape index (κ2) is 8.17. The van der Waals surface area contributed by atoms with Gasteiger partial charge in [-0.05, 0) is 36.5 Å². The van der Waals surface area contributed by atoms with Gasteiger partial charge < -0.3 is 10.0 Å². The Kier molecular flexibility index (Phi) is 5.37. The van der Waals surface area contributed by atoms with Gasteiger partial charge in [-0.15, -0.1) is 0 Å². The number of hydrogen-bond acceptors (Lipinski definition) is 5. The number of phenolic OH excluding ortho intramolecular Hbond substituents is 1. The number of hydrogen-bond donors (Lipinski definition) is 1. The minimum Gasteiger partial charge on any atom is -0.503 e. The van der Waals surface area contributed by atoms with Gasteiger partial charge in [0.05, 0.1) is 17.0 Å². The molecular weight excluding hydrogens is 469 g/mol. The monoisotopic (exact) mass is 489 g/mol. The van der Waals surface area contributed by atoms with Crippen LogP contribution in [-0.2, 0) is 19.6 Å². The zero-order chi connectivity index (χ0) is 25.1. The highest BCUT2D eigenvalue weighted by atomic mass is 19.4. The van der Waals surface area contributed by atoms with E-state index in [1.54, 1.807) is 0 Å². The molecule has 0 saturated carbocycles. The fourth-order valence-corrected chi connectivity index (χ4v) is 4.67. The second-order valence-electron chi connectivity index (χ2n) is 8.54. The molecule has 182 valence electrons. The Morgan fingerprint density at radius 3 is 2.63 bits per heavy atom. The minimum atomic E-state index is -5.14. The van der Waals surface area contributed by atoms with Crippen LogP contribution in [0.15, 0.2) is 36.5 Å². The molecule has 11 heteroatoms. The van der Waals surface area contributed by atoms with Crippen molar-refractivity contribution in [3.63, 3.8) is 0 Å². The number of benzene rings is 2. The van der Waals surface area contributed by atoms with Gasteiger partial charge in [0.1, 0.15) is 5.69 Å². The van der Waals surface area contributed by atoms with Crippen LogP contribution in [0, 0.1) is 11.6 Å². The smallest absolute Gasteiger partial charge is 0.419 e. The maximum Gasteiger partial charge on any atom is 0.419 e. The summed E-state index contributed by atoms with van der Waals surface area (Å²) in [6.45, 7) is 0. The number of phenols is 1. The minimum absolute atomic E-state index is 0.0333. The van der Waals surface area contributed by atoms with Gasteiger partial charge in [0, 0.05) is 25.9 Å². The molecule has 2 heterocycles. The molecule has 1 aliphatic rings. The largest absolute Gasteiger partial charge is 0.503 e. The molecule has 6 nitrogen and oxygen atoms in total. The second-order valence-corrected chi connectivity index (χ2v) is 8.54. The zero-order valence-electron chi connectivity index (χ0n) is 18.7. The number of alkyl halides is 3. The van der Waals surface area contributed by atoms with Gasteiger partial charge in [0.2, 0.25) is 5.95 Å². The van der Waals surface area contributed by atoms with Crippen molar-refractivity contribution in [3.8, 4) is 17.0 Å². The molecule has 0 radical (unpaired) electrons. The molecule has 0 amide bonds. The number of nitrogens with zero attached hydrogens (tertiary/aromatic N) is 5. The van der Waals surface area contributed by atoms with Gasteiger partial charge in [-0.25, -0.2) is 18.4 Å². The van der Waals surface area contributed by atoms with Crippen LogP contribution in [0.5, 0.6) is 5.75 Å². The van der Waals surface area contributed by atoms with Crippen LogP contribution in [0.3, 0.4) is 0 Å². The molecule has 5 rings (SSSR count). The first-order valence-electron chi connectivity index (χ1n) is 10.9. The highest BCUT2D eigenvalue weighted by molar-refractivity contribution is 5.91. The molecule has 0 aliphatic heterocycles. The van der Waals surface area contributed by atoms with Crippen LogP contribution in [0.4, 0.5) is 27.9 Å². The molecular formula is C24H20F5N5O. The summed E-state index contributed by atoms with van der Waals surface area (Å²) in [7, 11) is 3.36. The van der Waals surface area contributed by atoms with Crippen LogP contribution >= 0.6 is 0 Å². The molecule has 0 saturated heterocycles. The number of aryl methyl sites for hydroxylation is 2. The molecule has 0 unspecified atom stereocenters. The molecule has 0 fully saturated rings. The summed E-state index contributed by atoms with van der Waals surface area (Å²) >= 11 is 0. The topological polar surface area (TPSA) is 67.1 Å². The van der Waals surface area contributed by atoms with Crippen LogP contribution in [0.2, 0.25) is 0 Å². The third-order valence-corrected chi connectivity index (χ3v) is 6.43. The molecule has 1 aliphatic carbocycles. The maximum absolute atomic E-state index is 14.7. The van der Waals surface area contributed by atoms with Crippen molar-refractivity contribution in [1.82, 2.24) is 19.7 Å². The van der Waals surface area contributed by atoms with Crippen molar-refractivity contribution in [1.29, 1.82) is 0 Å². The fraction of sp³-hybridized carbons (Fsp3) is 0.292. The van der Waals surface area contributed by atoms with Crippen LogP contribution in [0.1, 0.15) is 35.6 Å². The molecule has 1 N–H and O–H groups in total. The normalized spacial score (nSPS) is 15.9. The van der Waals surface area contributed by atoms with Crippen molar-refractivity contribution in [2.24, 2.45) is 7.05 Å². The predicted molar refractivity (Wildman–Crippen MR) is 119 cm³/mol. The number of aromatic nitrogens is 4. The summed E-state index contributed by atoms with van der Waals surface area (Å²) in [6.07, 6.45) is -0.915.